The molecule has 0 spiro atoms. The van der Waals surface area contributed by atoms with Crippen LogP contribution in [-0.2, 0) is 16.1 Å². The van der Waals surface area contributed by atoms with Gasteiger partial charge in [0.15, 0.2) is 0 Å². The molecule has 4 heteroatoms. The van der Waals surface area contributed by atoms with Crippen LogP contribution >= 0.6 is 0 Å². The summed E-state index contributed by atoms with van der Waals surface area (Å²) in [5.74, 6) is 0.474. The highest BCUT2D eigenvalue weighted by atomic mass is 16.2. The summed E-state index contributed by atoms with van der Waals surface area (Å²) in [4.78, 5) is 28.2. The number of hydrogen-bond acceptors (Lipinski definition) is 2. The van der Waals surface area contributed by atoms with E-state index in [2.05, 4.69) is 0 Å². The Hall–Kier alpha value is -1.84. The van der Waals surface area contributed by atoms with Gasteiger partial charge in [-0.25, -0.2) is 0 Å². The molecule has 0 aromatic heterocycles. The van der Waals surface area contributed by atoms with E-state index in [4.69, 9.17) is 0 Å². The molecule has 0 N–H and O–H groups in total. The maximum Gasteiger partial charge on any atom is 0.225 e. The Morgan fingerprint density at radius 1 is 1.18 bits per heavy atom. The molecule has 0 bridgehead atoms. The van der Waals surface area contributed by atoms with E-state index in [0.717, 1.165) is 18.4 Å². The minimum atomic E-state index is 0.0352. The second-order valence-corrected chi connectivity index (χ2v) is 6.43. The van der Waals surface area contributed by atoms with Crippen LogP contribution in [-0.4, -0.2) is 41.8 Å². The van der Waals surface area contributed by atoms with Crippen LogP contribution in [0.2, 0.25) is 0 Å². The van der Waals surface area contributed by atoms with Crippen molar-refractivity contribution in [3.63, 3.8) is 0 Å². The fraction of sp³-hybridized carbons (Fsp3) is 0.556. The van der Waals surface area contributed by atoms with Gasteiger partial charge in [0.1, 0.15) is 0 Å². The number of carbonyl (C=O) groups is 2. The Morgan fingerprint density at radius 2 is 1.77 bits per heavy atom. The number of piperidine rings is 1. The smallest absolute Gasteiger partial charge is 0.225 e. The molecule has 22 heavy (non-hydrogen) atoms. The Labute approximate surface area is 133 Å². The van der Waals surface area contributed by atoms with Crippen molar-refractivity contribution < 1.29 is 9.59 Å². The van der Waals surface area contributed by atoms with Gasteiger partial charge in [-0.15, -0.1) is 0 Å². The van der Waals surface area contributed by atoms with Crippen LogP contribution in [0.4, 0.5) is 0 Å². The van der Waals surface area contributed by atoms with Gasteiger partial charge in [0, 0.05) is 38.5 Å². The van der Waals surface area contributed by atoms with Crippen LogP contribution in [0.25, 0.3) is 0 Å². The van der Waals surface area contributed by atoms with Crippen molar-refractivity contribution in [1.29, 1.82) is 0 Å². The molecule has 1 fully saturated rings. The van der Waals surface area contributed by atoms with Crippen LogP contribution in [0.3, 0.4) is 0 Å². The van der Waals surface area contributed by atoms with Gasteiger partial charge in [-0.2, -0.15) is 0 Å². The van der Waals surface area contributed by atoms with E-state index in [1.165, 1.54) is 0 Å². The van der Waals surface area contributed by atoms with E-state index in [1.807, 2.05) is 56.1 Å². The molecule has 1 aromatic rings. The van der Waals surface area contributed by atoms with Gasteiger partial charge in [-0.05, 0) is 18.4 Å². The molecule has 1 aromatic carbocycles. The molecule has 120 valence electrons. The lowest BCUT2D eigenvalue weighted by Crippen LogP contribution is -2.44. The molecular formula is C18H26N2O2. The first kappa shape index (κ1) is 16.5. The third-order valence-electron chi connectivity index (χ3n) is 4.29. The molecule has 4 nitrogen and oxygen atoms in total. The fourth-order valence-electron chi connectivity index (χ4n) is 2.96. The van der Waals surface area contributed by atoms with Crippen molar-refractivity contribution in [1.82, 2.24) is 9.80 Å². The predicted octanol–water partition coefficient (Wildman–Crippen LogP) is 2.54. The second kappa shape index (κ2) is 7.43. The summed E-state index contributed by atoms with van der Waals surface area (Å²) in [5, 5.41) is 0. The number of rotatable bonds is 4. The number of benzene rings is 1. The van der Waals surface area contributed by atoms with E-state index in [9.17, 15) is 9.59 Å². The first-order valence-electron chi connectivity index (χ1n) is 8.06. The van der Waals surface area contributed by atoms with Gasteiger partial charge >= 0.3 is 0 Å². The number of carbonyl (C=O) groups excluding carboxylic acids is 2. The van der Waals surface area contributed by atoms with Crippen molar-refractivity contribution >= 4 is 11.8 Å². The first-order chi connectivity index (χ1) is 10.5. The summed E-state index contributed by atoms with van der Waals surface area (Å²) < 4.78 is 0. The van der Waals surface area contributed by atoms with E-state index >= 15 is 0 Å². The Balaban J connectivity index is 1.85. The van der Waals surface area contributed by atoms with Gasteiger partial charge in [-0.1, -0.05) is 44.2 Å². The molecule has 1 aliphatic rings. The fourth-order valence-corrected chi connectivity index (χ4v) is 2.96. The highest BCUT2D eigenvalue weighted by molar-refractivity contribution is 5.80. The monoisotopic (exact) mass is 302 g/mol. The van der Waals surface area contributed by atoms with E-state index in [1.54, 1.807) is 4.90 Å². The van der Waals surface area contributed by atoms with Crippen molar-refractivity contribution in [2.75, 3.05) is 20.1 Å². The molecule has 1 aliphatic heterocycles. The number of likely N-dealkylation sites (tertiary alicyclic amines) is 1. The van der Waals surface area contributed by atoms with E-state index in [-0.39, 0.29) is 23.7 Å². The zero-order valence-corrected chi connectivity index (χ0v) is 13.8. The maximum atomic E-state index is 12.5. The summed E-state index contributed by atoms with van der Waals surface area (Å²) in [6, 6.07) is 10.0. The molecule has 0 atom stereocenters. The molecule has 2 amide bonds. The van der Waals surface area contributed by atoms with E-state index in [0.29, 0.717) is 19.6 Å². The van der Waals surface area contributed by atoms with Crippen LogP contribution < -0.4 is 0 Å². The quantitative estimate of drug-likeness (QED) is 0.857. The minimum absolute atomic E-state index is 0.0352. The Bertz CT molecular complexity index is 505. The number of nitrogens with zero attached hydrogens (tertiary/aromatic N) is 2. The van der Waals surface area contributed by atoms with Gasteiger partial charge in [0.25, 0.3) is 0 Å². The third-order valence-corrected chi connectivity index (χ3v) is 4.29. The highest BCUT2D eigenvalue weighted by Crippen LogP contribution is 2.21. The lowest BCUT2D eigenvalue weighted by molar-refractivity contribution is -0.141. The zero-order valence-electron chi connectivity index (χ0n) is 13.8. The summed E-state index contributed by atoms with van der Waals surface area (Å²) in [6.07, 6.45) is 1.55. The predicted molar refractivity (Wildman–Crippen MR) is 87.1 cm³/mol. The van der Waals surface area contributed by atoms with Gasteiger partial charge in [-0.3, -0.25) is 9.59 Å². The molecular weight excluding hydrogens is 276 g/mol. The van der Waals surface area contributed by atoms with Gasteiger partial charge in [0.2, 0.25) is 11.8 Å². The van der Waals surface area contributed by atoms with Gasteiger partial charge < -0.3 is 9.80 Å². The topological polar surface area (TPSA) is 40.6 Å². The average Bonchev–Trinajstić information content (AvgIpc) is 2.54. The largest absolute Gasteiger partial charge is 0.342 e. The Kier molecular flexibility index (Phi) is 5.58. The lowest BCUT2D eigenvalue weighted by atomic mass is 9.94. The van der Waals surface area contributed by atoms with Crippen molar-refractivity contribution in [2.24, 2.45) is 11.8 Å². The molecule has 0 aliphatic carbocycles. The summed E-state index contributed by atoms with van der Waals surface area (Å²) in [5.41, 5.74) is 1.14. The van der Waals surface area contributed by atoms with Crippen molar-refractivity contribution in [2.45, 2.75) is 33.2 Å². The van der Waals surface area contributed by atoms with Crippen LogP contribution in [0.1, 0.15) is 32.3 Å². The SMILES string of the molecule is CC(C)C(=O)N1CCC(C(=O)N(C)Cc2ccccc2)CC1. The van der Waals surface area contributed by atoms with Gasteiger partial charge in [0.05, 0.1) is 0 Å². The second-order valence-electron chi connectivity index (χ2n) is 6.43. The molecule has 0 unspecified atom stereocenters. The Morgan fingerprint density at radius 3 is 2.32 bits per heavy atom. The van der Waals surface area contributed by atoms with Crippen LogP contribution in [0.15, 0.2) is 30.3 Å². The summed E-state index contributed by atoms with van der Waals surface area (Å²) in [6.45, 7) is 5.89. The minimum Gasteiger partial charge on any atom is -0.342 e. The molecule has 2 rings (SSSR count). The summed E-state index contributed by atoms with van der Waals surface area (Å²) >= 11 is 0. The van der Waals surface area contributed by atoms with Crippen LogP contribution in [0, 0.1) is 11.8 Å². The van der Waals surface area contributed by atoms with E-state index < -0.39 is 0 Å². The highest BCUT2D eigenvalue weighted by Gasteiger charge is 2.29. The molecule has 1 heterocycles. The number of hydrogen-bond donors (Lipinski definition) is 0. The summed E-state index contributed by atoms with van der Waals surface area (Å²) in [7, 11) is 1.86. The maximum absolute atomic E-state index is 12.5. The molecule has 0 radical (unpaired) electrons. The molecule has 0 saturated carbocycles. The standard InChI is InChI=1S/C18H26N2O2/c1-14(2)17(21)20-11-9-16(10-12-20)18(22)19(3)13-15-7-5-4-6-8-15/h4-8,14,16H,9-13H2,1-3H3. The zero-order chi connectivity index (χ0) is 16.1. The van der Waals surface area contributed by atoms with Crippen LogP contribution in [0.5, 0.6) is 0 Å². The first-order valence-corrected chi connectivity index (χ1v) is 8.06. The third kappa shape index (κ3) is 4.09. The lowest BCUT2D eigenvalue weighted by Gasteiger charge is -2.34. The van der Waals surface area contributed by atoms with Crippen molar-refractivity contribution in [3.8, 4) is 0 Å². The normalized spacial score (nSPS) is 15.9. The average molecular weight is 302 g/mol. The molecule has 1 saturated heterocycles. The number of amides is 2. The van der Waals surface area contributed by atoms with Crippen molar-refractivity contribution in [3.05, 3.63) is 35.9 Å².